The summed E-state index contributed by atoms with van der Waals surface area (Å²) in [6, 6.07) is 5.54. The smallest absolute Gasteiger partial charge is 0.251 e. The van der Waals surface area contributed by atoms with Crippen molar-refractivity contribution in [3.05, 3.63) is 35.4 Å². The lowest BCUT2D eigenvalue weighted by Gasteiger charge is -2.03. The number of amides is 1. The molecule has 0 fully saturated rings. The molecule has 68 valence electrons. The zero-order valence-electron chi connectivity index (χ0n) is 7.03. The van der Waals surface area contributed by atoms with Gasteiger partial charge in [-0.05, 0) is 17.7 Å². The van der Waals surface area contributed by atoms with Crippen LogP contribution in [-0.4, -0.2) is 18.9 Å². The Morgan fingerprint density at radius 2 is 1.62 bits per heavy atom. The van der Waals surface area contributed by atoms with E-state index in [4.69, 9.17) is 0 Å². The highest BCUT2D eigenvalue weighted by Gasteiger charge is 2.01. The molecular weight excluding hydrogens is 170 g/mol. The lowest BCUT2D eigenvalue weighted by Crippen LogP contribution is -2.22. The van der Waals surface area contributed by atoms with Gasteiger partial charge in [0, 0.05) is 12.6 Å². The van der Waals surface area contributed by atoms with Crippen molar-refractivity contribution in [1.29, 1.82) is 0 Å². The van der Waals surface area contributed by atoms with E-state index in [1.54, 1.807) is 0 Å². The van der Waals surface area contributed by atoms with E-state index in [0.29, 0.717) is 5.56 Å². The molecule has 4 nitrogen and oxygen atoms in total. The Morgan fingerprint density at radius 3 is 2.00 bits per heavy atom. The lowest BCUT2D eigenvalue weighted by molar-refractivity contribution is -0.255. The molecule has 13 heavy (non-hydrogen) atoms. The van der Waals surface area contributed by atoms with Gasteiger partial charge in [-0.2, -0.15) is 0 Å². The van der Waals surface area contributed by atoms with Crippen molar-refractivity contribution >= 4 is 11.9 Å². The van der Waals surface area contributed by atoms with E-state index in [2.05, 4.69) is 5.32 Å². The Bertz CT molecular complexity index is 329. The minimum Gasteiger partial charge on any atom is -0.545 e. The third kappa shape index (κ3) is 2.05. The zero-order valence-corrected chi connectivity index (χ0v) is 7.03. The van der Waals surface area contributed by atoms with Crippen LogP contribution >= 0.6 is 0 Å². The summed E-state index contributed by atoms with van der Waals surface area (Å²) in [4.78, 5) is 21.4. The van der Waals surface area contributed by atoms with Crippen LogP contribution in [0.4, 0.5) is 0 Å². The van der Waals surface area contributed by atoms with Gasteiger partial charge in [0.2, 0.25) is 0 Å². The SMILES string of the molecule is CNC(=O)c1ccc(C(=O)[O-])cc1. The van der Waals surface area contributed by atoms with E-state index in [1.807, 2.05) is 0 Å². The standard InChI is InChI=1S/C9H9NO3/c1-10-8(11)6-2-4-7(5-3-6)9(12)13/h2-5H,1H3,(H,10,11)(H,12,13)/p-1. The van der Waals surface area contributed by atoms with Crippen LogP contribution in [0.2, 0.25) is 0 Å². The van der Waals surface area contributed by atoms with Crippen LogP contribution in [0.5, 0.6) is 0 Å². The van der Waals surface area contributed by atoms with Crippen molar-refractivity contribution < 1.29 is 14.7 Å². The lowest BCUT2D eigenvalue weighted by atomic mass is 10.1. The Balaban J connectivity index is 2.93. The van der Waals surface area contributed by atoms with Gasteiger partial charge >= 0.3 is 0 Å². The number of hydrogen-bond acceptors (Lipinski definition) is 3. The highest BCUT2D eigenvalue weighted by atomic mass is 16.4. The van der Waals surface area contributed by atoms with Crippen LogP contribution < -0.4 is 10.4 Å². The molecule has 0 aliphatic rings. The van der Waals surface area contributed by atoms with Gasteiger partial charge in [-0.25, -0.2) is 0 Å². The van der Waals surface area contributed by atoms with Crippen molar-refractivity contribution in [3.63, 3.8) is 0 Å². The first-order valence-electron chi connectivity index (χ1n) is 3.68. The maximum atomic E-state index is 11.0. The van der Waals surface area contributed by atoms with Crippen molar-refractivity contribution in [2.24, 2.45) is 0 Å². The van der Waals surface area contributed by atoms with Crippen LogP contribution in [-0.2, 0) is 0 Å². The number of carboxylic acids is 1. The van der Waals surface area contributed by atoms with Crippen molar-refractivity contribution in [3.8, 4) is 0 Å². The molecule has 0 aromatic heterocycles. The molecular formula is C9H8NO3-. The van der Waals surface area contributed by atoms with E-state index in [-0.39, 0.29) is 11.5 Å². The number of carbonyl (C=O) groups excluding carboxylic acids is 2. The second-order valence-electron chi connectivity index (χ2n) is 2.44. The fourth-order valence-corrected chi connectivity index (χ4v) is 0.902. The molecule has 0 heterocycles. The van der Waals surface area contributed by atoms with Gasteiger partial charge in [-0.15, -0.1) is 0 Å². The van der Waals surface area contributed by atoms with E-state index in [9.17, 15) is 14.7 Å². The highest BCUT2D eigenvalue weighted by molar-refractivity contribution is 5.95. The predicted octanol–water partition coefficient (Wildman–Crippen LogP) is -0.590. The fraction of sp³-hybridized carbons (Fsp3) is 0.111. The van der Waals surface area contributed by atoms with Crippen LogP contribution in [0.1, 0.15) is 20.7 Å². The van der Waals surface area contributed by atoms with Gasteiger partial charge in [0.15, 0.2) is 0 Å². The topological polar surface area (TPSA) is 69.2 Å². The van der Waals surface area contributed by atoms with Crippen LogP contribution in [0.15, 0.2) is 24.3 Å². The quantitative estimate of drug-likeness (QED) is 0.658. The van der Waals surface area contributed by atoms with Gasteiger partial charge in [0.1, 0.15) is 0 Å². The average molecular weight is 178 g/mol. The summed E-state index contributed by atoms with van der Waals surface area (Å²) in [6.07, 6.45) is 0. The number of carboxylic acid groups (broad SMARTS) is 1. The molecule has 0 saturated carbocycles. The first kappa shape index (κ1) is 9.25. The van der Waals surface area contributed by atoms with E-state index >= 15 is 0 Å². The molecule has 0 spiro atoms. The van der Waals surface area contributed by atoms with Crippen molar-refractivity contribution in [2.45, 2.75) is 0 Å². The third-order valence-corrected chi connectivity index (χ3v) is 1.61. The van der Waals surface area contributed by atoms with Gasteiger partial charge in [0.25, 0.3) is 5.91 Å². The summed E-state index contributed by atoms with van der Waals surface area (Å²) in [5.41, 5.74) is 0.486. The summed E-state index contributed by atoms with van der Waals surface area (Å²) >= 11 is 0. The molecule has 4 heteroatoms. The second-order valence-corrected chi connectivity index (χ2v) is 2.44. The molecule has 1 N–H and O–H groups in total. The summed E-state index contributed by atoms with van der Waals surface area (Å²) < 4.78 is 0. The van der Waals surface area contributed by atoms with E-state index in [1.165, 1.54) is 31.3 Å². The molecule has 1 rings (SSSR count). The third-order valence-electron chi connectivity index (χ3n) is 1.61. The van der Waals surface area contributed by atoms with Crippen LogP contribution in [0.25, 0.3) is 0 Å². The van der Waals surface area contributed by atoms with Gasteiger partial charge in [-0.3, -0.25) is 4.79 Å². The number of hydrogen-bond donors (Lipinski definition) is 1. The number of benzene rings is 1. The van der Waals surface area contributed by atoms with Crippen LogP contribution in [0.3, 0.4) is 0 Å². The minimum atomic E-state index is -1.25. The van der Waals surface area contributed by atoms with Gasteiger partial charge < -0.3 is 15.2 Å². The predicted molar refractivity (Wildman–Crippen MR) is 44.2 cm³/mol. The molecule has 0 bridgehead atoms. The summed E-state index contributed by atoms with van der Waals surface area (Å²) in [7, 11) is 1.51. The number of rotatable bonds is 2. The summed E-state index contributed by atoms with van der Waals surface area (Å²) in [6.45, 7) is 0. The number of carbonyl (C=O) groups is 2. The van der Waals surface area contributed by atoms with E-state index < -0.39 is 5.97 Å². The summed E-state index contributed by atoms with van der Waals surface area (Å²) in [5, 5.41) is 12.8. The van der Waals surface area contributed by atoms with E-state index in [0.717, 1.165) is 0 Å². The Kier molecular flexibility index (Phi) is 2.64. The molecule has 1 aromatic carbocycles. The minimum absolute atomic E-state index is 0.0626. The molecule has 0 aliphatic carbocycles. The molecule has 1 amide bonds. The molecule has 0 aliphatic heterocycles. The van der Waals surface area contributed by atoms with Gasteiger partial charge in [0.05, 0.1) is 5.97 Å². The Hall–Kier alpha value is -1.84. The molecule has 0 unspecified atom stereocenters. The average Bonchev–Trinajstić information content (AvgIpc) is 2.17. The molecule has 1 aromatic rings. The first-order valence-corrected chi connectivity index (χ1v) is 3.68. The van der Waals surface area contributed by atoms with Crippen molar-refractivity contribution in [1.82, 2.24) is 5.32 Å². The number of aromatic carboxylic acids is 1. The maximum Gasteiger partial charge on any atom is 0.251 e. The highest BCUT2D eigenvalue weighted by Crippen LogP contribution is 2.02. The molecule has 0 radical (unpaired) electrons. The molecule has 0 atom stereocenters. The fourth-order valence-electron chi connectivity index (χ4n) is 0.902. The zero-order chi connectivity index (χ0) is 9.84. The summed E-state index contributed by atoms with van der Waals surface area (Å²) in [5.74, 6) is -1.49. The maximum absolute atomic E-state index is 11.0. The number of nitrogens with one attached hydrogen (secondary N) is 1. The Morgan fingerprint density at radius 1 is 1.15 bits per heavy atom. The largest absolute Gasteiger partial charge is 0.545 e. The second kappa shape index (κ2) is 3.71. The van der Waals surface area contributed by atoms with Gasteiger partial charge in [-0.1, -0.05) is 12.1 Å². The molecule has 0 saturated heterocycles. The van der Waals surface area contributed by atoms with Crippen LogP contribution in [0, 0.1) is 0 Å². The first-order chi connectivity index (χ1) is 6.15. The Labute approximate surface area is 75.2 Å². The normalized spacial score (nSPS) is 9.31. The monoisotopic (exact) mass is 178 g/mol. The van der Waals surface area contributed by atoms with Crippen molar-refractivity contribution in [2.75, 3.05) is 7.05 Å².